The molecule has 1 aromatic rings. The molecule has 100 valence electrons. The van der Waals surface area contributed by atoms with Crippen LogP contribution in [0.25, 0.3) is 0 Å². The first kappa shape index (κ1) is 13.3. The summed E-state index contributed by atoms with van der Waals surface area (Å²) in [7, 11) is 1.91. The van der Waals surface area contributed by atoms with Crippen LogP contribution >= 0.6 is 0 Å². The normalized spacial score (nSPS) is 18.8. The van der Waals surface area contributed by atoms with Gasteiger partial charge in [-0.1, -0.05) is 6.92 Å². The van der Waals surface area contributed by atoms with E-state index < -0.39 is 0 Å². The molecule has 1 aliphatic rings. The Labute approximate surface area is 109 Å². The second-order valence-electron chi connectivity index (χ2n) is 5.38. The fraction of sp³-hybridized carbons (Fsp3) is 0.714. The largest absolute Gasteiger partial charge is 0.317 e. The van der Waals surface area contributed by atoms with Gasteiger partial charge in [-0.2, -0.15) is 5.10 Å². The van der Waals surface area contributed by atoms with Crippen LogP contribution in [-0.4, -0.2) is 28.7 Å². The zero-order chi connectivity index (χ0) is 13.2. The van der Waals surface area contributed by atoms with E-state index in [9.17, 15) is 4.79 Å². The summed E-state index contributed by atoms with van der Waals surface area (Å²) in [5.74, 6) is 0.384. The Morgan fingerprint density at radius 2 is 2.17 bits per heavy atom. The van der Waals surface area contributed by atoms with Crippen molar-refractivity contribution < 1.29 is 4.79 Å². The van der Waals surface area contributed by atoms with E-state index in [2.05, 4.69) is 17.3 Å². The monoisotopic (exact) mass is 249 g/mol. The smallest absolute Gasteiger partial charge is 0.145 e. The Kier molecular flexibility index (Phi) is 3.85. The topological polar surface area (TPSA) is 46.9 Å². The minimum absolute atomic E-state index is 0.108. The first-order chi connectivity index (χ1) is 8.57. The lowest BCUT2D eigenvalue weighted by Gasteiger charge is -2.35. The number of hydrogen-bond donors (Lipinski definition) is 1. The number of aromatic nitrogens is 2. The molecule has 1 aliphatic heterocycles. The van der Waals surface area contributed by atoms with E-state index in [0.29, 0.717) is 12.2 Å². The van der Waals surface area contributed by atoms with Gasteiger partial charge in [0.1, 0.15) is 5.78 Å². The number of ketones is 1. The molecule has 0 bridgehead atoms. The van der Waals surface area contributed by atoms with E-state index in [1.807, 2.05) is 24.7 Å². The SMILES string of the molecule is CCC1(C(=O)Cc2cc(C)nn2C)CCNCC1. The lowest BCUT2D eigenvalue weighted by Crippen LogP contribution is -2.42. The molecule has 0 amide bonds. The summed E-state index contributed by atoms with van der Waals surface area (Å²) in [4.78, 5) is 12.6. The second-order valence-corrected chi connectivity index (χ2v) is 5.38. The van der Waals surface area contributed by atoms with Gasteiger partial charge in [-0.15, -0.1) is 0 Å². The molecule has 4 heteroatoms. The summed E-state index contributed by atoms with van der Waals surface area (Å²) in [6.45, 7) is 6.03. The molecular weight excluding hydrogens is 226 g/mol. The molecule has 1 N–H and O–H groups in total. The van der Waals surface area contributed by atoms with E-state index in [1.54, 1.807) is 0 Å². The molecule has 2 heterocycles. The molecule has 1 aromatic heterocycles. The van der Waals surface area contributed by atoms with Crippen molar-refractivity contribution in [3.05, 3.63) is 17.5 Å². The van der Waals surface area contributed by atoms with Crippen LogP contribution in [0.1, 0.15) is 37.6 Å². The molecule has 0 aromatic carbocycles. The lowest BCUT2D eigenvalue weighted by molar-refractivity contribution is -0.130. The number of Topliss-reactive ketones (excluding diaryl/α,β-unsaturated/α-hetero) is 1. The fourth-order valence-corrected chi connectivity index (χ4v) is 2.92. The van der Waals surface area contributed by atoms with Crippen molar-refractivity contribution in [1.82, 2.24) is 15.1 Å². The van der Waals surface area contributed by atoms with Crippen molar-refractivity contribution >= 4 is 5.78 Å². The minimum atomic E-state index is -0.108. The van der Waals surface area contributed by atoms with Crippen LogP contribution in [0.2, 0.25) is 0 Å². The van der Waals surface area contributed by atoms with E-state index >= 15 is 0 Å². The van der Waals surface area contributed by atoms with Crippen LogP contribution in [-0.2, 0) is 18.3 Å². The average molecular weight is 249 g/mol. The van der Waals surface area contributed by atoms with Gasteiger partial charge in [-0.3, -0.25) is 9.48 Å². The number of rotatable bonds is 4. The van der Waals surface area contributed by atoms with Crippen LogP contribution in [0.15, 0.2) is 6.07 Å². The summed E-state index contributed by atoms with van der Waals surface area (Å²) < 4.78 is 1.83. The zero-order valence-electron chi connectivity index (χ0n) is 11.6. The molecule has 0 unspecified atom stereocenters. The van der Waals surface area contributed by atoms with Gasteiger partial charge in [-0.25, -0.2) is 0 Å². The maximum atomic E-state index is 12.6. The first-order valence-corrected chi connectivity index (χ1v) is 6.81. The molecule has 0 radical (unpaired) electrons. The number of piperidine rings is 1. The molecule has 18 heavy (non-hydrogen) atoms. The summed E-state index contributed by atoms with van der Waals surface area (Å²) in [6.07, 6.45) is 3.41. The Balaban J connectivity index is 2.12. The quantitative estimate of drug-likeness (QED) is 0.882. The maximum Gasteiger partial charge on any atom is 0.145 e. The highest BCUT2D eigenvalue weighted by Crippen LogP contribution is 2.34. The molecule has 2 rings (SSSR count). The zero-order valence-corrected chi connectivity index (χ0v) is 11.6. The molecule has 1 fully saturated rings. The predicted octanol–water partition coefficient (Wildman–Crippen LogP) is 1.62. The summed E-state index contributed by atoms with van der Waals surface area (Å²) >= 11 is 0. The number of nitrogens with one attached hydrogen (secondary N) is 1. The van der Waals surface area contributed by atoms with Gasteiger partial charge in [0.15, 0.2) is 0 Å². The van der Waals surface area contributed by atoms with Gasteiger partial charge in [0.25, 0.3) is 0 Å². The second kappa shape index (κ2) is 5.22. The third-order valence-corrected chi connectivity index (χ3v) is 4.27. The summed E-state index contributed by atoms with van der Waals surface area (Å²) in [6, 6.07) is 2.02. The van der Waals surface area contributed by atoms with E-state index in [0.717, 1.165) is 43.7 Å². The summed E-state index contributed by atoms with van der Waals surface area (Å²) in [5.41, 5.74) is 1.91. The standard InChI is InChI=1S/C14H23N3O/c1-4-14(5-7-15-8-6-14)13(18)10-12-9-11(2)16-17(12)3/h9,15H,4-8,10H2,1-3H3. The van der Waals surface area contributed by atoms with Gasteiger partial charge in [0, 0.05) is 24.6 Å². The highest BCUT2D eigenvalue weighted by Gasteiger charge is 2.37. The number of hydrogen-bond acceptors (Lipinski definition) is 3. The fourth-order valence-electron chi connectivity index (χ4n) is 2.92. The van der Waals surface area contributed by atoms with Crippen molar-refractivity contribution in [3.63, 3.8) is 0 Å². The van der Waals surface area contributed by atoms with Gasteiger partial charge in [0.2, 0.25) is 0 Å². The van der Waals surface area contributed by atoms with Crippen molar-refractivity contribution in [2.45, 2.75) is 39.5 Å². The van der Waals surface area contributed by atoms with Crippen LogP contribution in [0.5, 0.6) is 0 Å². The van der Waals surface area contributed by atoms with Crippen LogP contribution < -0.4 is 5.32 Å². The highest BCUT2D eigenvalue weighted by atomic mass is 16.1. The molecule has 0 atom stereocenters. The van der Waals surface area contributed by atoms with Crippen molar-refractivity contribution in [3.8, 4) is 0 Å². The van der Waals surface area contributed by atoms with E-state index in [1.165, 1.54) is 0 Å². The number of carbonyl (C=O) groups excluding carboxylic acids is 1. The van der Waals surface area contributed by atoms with E-state index in [-0.39, 0.29) is 5.41 Å². The first-order valence-electron chi connectivity index (χ1n) is 6.81. The van der Waals surface area contributed by atoms with Gasteiger partial charge >= 0.3 is 0 Å². The molecular formula is C14H23N3O. The Bertz CT molecular complexity index is 430. The predicted molar refractivity (Wildman–Crippen MR) is 71.5 cm³/mol. The van der Waals surface area contributed by atoms with Crippen molar-refractivity contribution in [2.75, 3.05) is 13.1 Å². The van der Waals surface area contributed by atoms with Crippen LogP contribution in [0, 0.1) is 12.3 Å². The molecule has 1 saturated heterocycles. The van der Waals surface area contributed by atoms with E-state index in [4.69, 9.17) is 0 Å². The molecule has 4 nitrogen and oxygen atoms in total. The van der Waals surface area contributed by atoms with Crippen LogP contribution in [0.3, 0.4) is 0 Å². The lowest BCUT2D eigenvalue weighted by atomic mass is 9.72. The Morgan fingerprint density at radius 3 is 2.67 bits per heavy atom. The van der Waals surface area contributed by atoms with Gasteiger partial charge in [0.05, 0.1) is 5.69 Å². The third kappa shape index (κ3) is 2.48. The average Bonchev–Trinajstić information content (AvgIpc) is 2.68. The molecule has 0 spiro atoms. The maximum absolute atomic E-state index is 12.6. The number of aryl methyl sites for hydroxylation is 2. The minimum Gasteiger partial charge on any atom is -0.317 e. The molecule has 0 saturated carbocycles. The molecule has 0 aliphatic carbocycles. The highest BCUT2D eigenvalue weighted by molar-refractivity contribution is 5.86. The Morgan fingerprint density at radius 1 is 1.50 bits per heavy atom. The van der Waals surface area contributed by atoms with Crippen molar-refractivity contribution in [1.29, 1.82) is 0 Å². The Hall–Kier alpha value is -1.16. The summed E-state index contributed by atoms with van der Waals surface area (Å²) in [5, 5.41) is 7.65. The van der Waals surface area contributed by atoms with Gasteiger partial charge < -0.3 is 5.32 Å². The van der Waals surface area contributed by atoms with Crippen LogP contribution in [0.4, 0.5) is 0 Å². The third-order valence-electron chi connectivity index (χ3n) is 4.27. The van der Waals surface area contributed by atoms with Gasteiger partial charge in [-0.05, 0) is 45.3 Å². The number of carbonyl (C=O) groups is 1. The van der Waals surface area contributed by atoms with Crippen molar-refractivity contribution in [2.24, 2.45) is 12.5 Å². The number of nitrogens with zero attached hydrogens (tertiary/aromatic N) is 2.